The molecule has 0 aliphatic carbocycles. The third kappa shape index (κ3) is 5.61. The van der Waals surface area contributed by atoms with Crippen molar-refractivity contribution >= 4 is 25.2 Å². The van der Waals surface area contributed by atoms with E-state index in [9.17, 15) is 5.11 Å². The van der Waals surface area contributed by atoms with Crippen molar-refractivity contribution in [1.29, 1.82) is 0 Å². The number of phenols is 1. The van der Waals surface area contributed by atoms with Crippen LogP contribution in [0.4, 0.5) is 0 Å². The zero-order valence-corrected chi connectivity index (χ0v) is 24.6. The molecule has 0 saturated carbocycles. The summed E-state index contributed by atoms with van der Waals surface area (Å²) in [5.74, 6) is 1.40. The van der Waals surface area contributed by atoms with Gasteiger partial charge in [-0.3, -0.25) is 0 Å². The zero-order valence-electron chi connectivity index (χ0n) is 24.6. The van der Waals surface area contributed by atoms with Gasteiger partial charge in [0, 0.05) is 5.56 Å². The monoisotopic (exact) mass is 544 g/mol. The molecule has 2 aliphatic heterocycles. The van der Waals surface area contributed by atoms with Gasteiger partial charge in [0.25, 0.3) is 6.29 Å². The summed E-state index contributed by atoms with van der Waals surface area (Å²) >= 11 is 0. The molecule has 0 unspecified atom stereocenters. The van der Waals surface area contributed by atoms with Crippen molar-refractivity contribution in [2.24, 2.45) is 0 Å². The van der Waals surface area contributed by atoms with Crippen LogP contribution in [0.5, 0.6) is 17.2 Å². The van der Waals surface area contributed by atoms with Crippen molar-refractivity contribution in [3.8, 4) is 17.2 Å². The predicted molar refractivity (Wildman–Crippen MR) is 156 cm³/mol. The summed E-state index contributed by atoms with van der Waals surface area (Å²) in [6, 6.07) is 22.0. The molecular formula is C31H38B2O7. The van der Waals surface area contributed by atoms with Gasteiger partial charge in [0.1, 0.15) is 17.2 Å². The van der Waals surface area contributed by atoms with Gasteiger partial charge in [-0.15, -0.1) is 0 Å². The Kier molecular flexibility index (Phi) is 7.24. The molecule has 3 aromatic carbocycles. The highest BCUT2D eigenvalue weighted by atomic mass is 16.7. The lowest BCUT2D eigenvalue weighted by Gasteiger charge is -2.32. The molecule has 5 rings (SSSR count). The molecular weight excluding hydrogens is 506 g/mol. The largest absolute Gasteiger partial charge is 0.508 e. The molecule has 2 saturated heterocycles. The van der Waals surface area contributed by atoms with Gasteiger partial charge in [-0.25, -0.2) is 0 Å². The van der Waals surface area contributed by atoms with Crippen LogP contribution >= 0.6 is 0 Å². The van der Waals surface area contributed by atoms with Crippen LogP contribution in [0.3, 0.4) is 0 Å². The Morgan fingerprint density at radius 1 is 0.525 bits per heavy atom. The molecule has 9 heteroatoms. The van der Waals surface area contributed by atoms with Gasteiger partial charge in [0.2, 0.25) is 0 Å². The average molecular weight is 544 g/mol. The number of ether oxygens (including phenoxy) is 2. The standard InChI is InChI=1S/C31H38B2O7/c1-28(2)29(3,4)38-32(37-28)22-11-17-25(18-12-22)35-27(21-9-15-24(34)16-10-21)36-26-19-13-23(14-20-26)33-39-30(5,6)31(7,8)40-33/h9-20,27,34H,1-8H3. The second-order valence-corrected chi connectivity index (χ2v) is 12.5. The maximum atomic E-state index is 9.80. The van der Waals surface area contributed by atoms with Gasteiger partial charge >= 0.3 is 14.2 Å². The minimum absolute atomic E-state index is 0.168. The molecule has 0 aromatic heterocycles. The third-order valence-electron chi connectivity index (χ3n) is 8.46. The van der Waals surface area contributed by atoms with E-state index in [0.29, 0.717) is 11.5 Å². The van der Waals surface area contributed by atoms with Crippen LogP contribution < -0.4 is 20.4 Å². The molecule has 40 heavy (non-hydrogen) atoms. The molecule has 3 aromatic rings. The molecule has 0 spiro atoms. The molecule has 2 aliphatic rings. The van der Waals surface area contributed by atoms with Crippen molar-refractivity contribution in [2.45, 2.75) is 84.1 Å². The predicted octanol–water partition coefficient (Wildman–Crippen LogP) is 5.15. The second-order valence-electron chi connectivity index (χ2n) is 12.5. The lowest BCUT2D eigenvalue weighted by atomic mass is 9.79. The molecule has 0 atom stereocenters. The van der Waals surface area contributed by atoms with Crippen LogP contribution in [-0.2, 0) is 18.6 Å². The van der Waals surface area contributed by atoms with Crippen LogP contribution in [-0.4, -0.2) is 41.7 Å². The smallest absolute Gasteiger partial charge is 0.494 e. The topological polar surface area (TPSA) is 75.6 Å². The minimum Gasteiger partial charge on any atom is -0.508 e. The first kappa shape index (κ1) is 28.6. The number of aromatic hydroxyl groups is 1. The summed E-state index contributed by atoms with van der Waals surface area (Å²) in [4.78, 5) is 0. The van der Waals surface area contributed by atoms with Crippen molar-refractivity contribution in [3.05, 3.63) is 78.4 Å². The number of hydrogen-bond acceptors (Lipinski definition) is 7. The Morgan fingerprint density at radius 2 is 0.850 bits per heavy atom. The molecule has 0 amide bonds. The normalized spacial score (nSPS) is 20.6. The first-order valence-electron chi connectivity index (χ1n) is 13.7. The Balaban J connectivity index is 1.32. The van der Waals surface area contributed by atoms with E-state index in [4.69, 9.17) is 28.1 Å². The lowest BCUT2D eigenvalue weighted by molar-refractivity contribution is 0.00382. The first-order chi connectivity index (χ1) is 18.7. The van der Waals surface area contributed by atoms with Gasteiger partial charge in [-0.1, -0.05) is 24.3 Å². The molecule has 210 valence electrons. The van der Waals surface area contributed by atoms with E-state index in [1.165, 1.54) is 0 Å². The van der Waals surface area contributed by atoms with E-state index in [0.717, 1.165) is 16.5 Å². The quantitative estimate of drug-likeness (QED) is 0.326. The zero-order chi connectivity index (χ0) is 28.9. The molecule has 2 fully saturated rings. The van der Waals surface area contributed by atoms with E-state index in [-0.39, 0.29) is 5.75 Å². The van der Waals surface area contributed by atoms with E-state index in [2.05, 4.69) is 0 Å². The highest BCUT2D eigenvalue weighted by molar-refractivity contribution is 6.62. The Morgan fingerprint density at radius 3 is 1.18 bits per heavy atom. The summed E-state index contributed by atoms with van der Waals surface area (Å²) in [5, 5.41) is 9.80. The minimum atomic E-state index is -0.758. The fourth-order valence-corrected chi connectivity index (χ4v) is 4.40. The average Bonchev–Trinajstić information content (AvgIpc) is 3.24. The maximum Gasteiger partial charge on any atom is 0.494 e. The van der Waals surface area contributed by atoms with Crippen LogP contribution in [0.2, 0.25) is 0 Å². The van der Waals surface area contributed by atoms with Gasteiger partial charge in [0.15, 0.2) is 0 Å². The molecule has 7 nitrogen and oxygen atoms in total. The number of benzene rings is 3. The van der Waals surface area contributed by atoms with Crippen LogP contribution in [0, 0.1) is 0 Å². The maximum absolute atomic E-state index is 9.80. The summed E-state index contributed by atoms with van der Waals surface area (Å²) in [6.07, 6.45) is -0.758. The van der Waals surface area contributed by atoms with E-state index in [1.807, 2.05) is 104 Å². The highest BCUT2D eigenvalue weighted by Gasteiger charge is 2.52. The summed E-state index contributed by atoms with van der Waals surface area (Å²) < 4.78 is 37.3. The molecule has 1 N–H and O–H groups in total. The van der Waals surface area contributed by atoms with Crippen molar-refractivity contribution in [2.75, 3.05) is 0 Å². The molecule has 0 radical (unpaired) electrons. The van der Waals surface area contributed by atoms with Crippen molar-refractivity contribution < 1.29 is 33.2 Å². The number of phenolic OH excluding ortho intramolecular Hbond substituents is 1. The second kappa shape index (κ2) is 10.1. The van der Waals surface area contributed by atoms with Crippen LogP contribution in [0.25, 0.3) is 0 Å². The summed E-state index contributed by atoms with van der Waals surface area (Å²) in [7, 11) is -0.906. The Hall–Kier alpha value is -2.97. The Bertz CT molecular complexity index is 1210. The summed E-state index contributed by atoms with van der Waals surface area (Å²) in [6.45, 7) is 16.3. The van der Waals surface area contributed by atoms with Crippen molar-refractivity contribution in [3.63, 3.8) is 0 Å². The van der Waals surface area contributed by atoms with E-state index >= 15 is 0 Å². The molecule has 2 heterocycles. The number of rotatable bonds is 7. The SMILES string of the molecule is CC1(C)OB(c2ccc(OC(Oc3ccc(B4OC(C)(C)C(C)(C)O4)cc3)c3ccc(O)cc3)cc2)OC1(C)C. The van der Waals surface area contributed by atoms with Gasteiger partial charge in [-0.05, 0) is 115 Å². The van der Waals surface area contributed by atoms with Gasteiger partial charge in [0.05, 0.1) is 22.4 Å². The molecule has 0 bridgehead atoms. The fraction of sp³-hybridized carbons (Fsp3) is 0.419. The third-order valence-corrected chi connectivity index (χ3v) is 8.46. The highest BCUT2D eigenvalue weighted by Crippen LogP contribution is 2.38. The number of hydrogen-bond donors (Lipinski definition) is 1. The fourth-order valence-electron chi connectivity index (χ4n) is 4.40. The van der Waals surface area contributed by atoms with Crippen LogP contribution in [0.1, 0.15) is 67.2 Å². The van der Waals surface area contributed by atoms with Gasteiger partial charge in [-0.2, -0.15) is 0 Å². The first-order valence-corrected chi connectivity index (χ1v) is 13.7. The van der Waals surface area contributed by atoms with Crippen molar-refractivity contribution in [1.82, 2.24) is 0 Å². The Labute approximate surface area is 238 Å². The van der Waals surface area contributed by atoms with E-state index in [1.54, 1.807) is 24.3 Å². The van der Waals surface area contributed by atoms with E-state index < -0.39 is 42.9 Å². The van der Waals surface area contributed by atoms with Crippen LogP contribution in [0.15, 0.2) is 72.8 Å². The summed E-state index contributed by atoms with van der Waals surface area (Å²) in [5.41, 5.74) is 0.914. The van der Waals surface area contributed by atoms with Gasteiger partial charge < -0.3 is 33.2 Å². The lowest BCUT2D eigenvalue weighted by Crippen LogP contribution is -2.41.